The Hall–Kier alpha value is -1.77. The lowest BCUT2D eigenvalue weighted by Gasteiger charge is -2.25. The Bertz CT molecular complexity index is 491. The molecule has 0 amide bonds. The Kier molecular flexibility index (Phi) is 5.85. The standard InChI is InChI=1S/C16H23N3O2/c1-3-21-15-6-5-13(11-16(15)20-2)14(12-17)19-9-4-7-18-8-10-19/h5-6,11,14,18H,3-4,7-10H2,1-2H3. The van der Waals surface area contributed by atoms with Crippen LogP contribution in [0, 0.1) is 11.3 Å². The van der Waals surface area contributed by atoms with Crippen LogP contribution in [0.5, 0.6) is 11.5 Å². The summed E-state index contributed by atoms with van der Waals surface area (Å²) in [6.07, 6.45) is 1.06. The number of ether oxygens (including phenoxy) is 2. The van der Waals surface area contributed by atoms with Gasteiger partial charge < -0.3 is 14.8 Å². The molecule has 0 aliphatic carbocycles. The van der Waals surface area contributed by atoms with Crippen LogP contribution in [0.3, 0.4) is 0 Å². The molecular weight excluding hydrogens is 266 g/mol. The molecule has 21 heavy (non-hydrogen) atoms. The molecule has 5 heteroatoms. The molecule has 2 rings (SSSR count). The van der Waals surface area contributed by atoms with Crippen LogP contribution in [0.2, 0.25) is 0 Å². The zero-order valence-electron chi connectivity index (χ0n) is 12.8. The van der Waals surface area contributed by atoms with Crippen molar-refractivity contribution in [3.8, 4) is 17.6 Å². The van der Waals surface area contributed by atoms with Crippen molar-refractivity contribution >= 4 is 0 Å². The number of methoxy groups -OCH3 is 1. The number of rotatable bonds is 5. The van der Waals surface area contributed by atoms with Gasteiger partial charge in [0.25, 0.3) is 0 Å². The van der Waals surface area contributed by atoms with Gasteiger partial charge in [-0.1, -0.05) is 6.07 Å². The Morgan fingerprint density at radius 3 is 2.90 bits per heavy atom. The van der Waals surface area contributed by atoms with E-state index in [-0.39, 0.29) is 6.04 Å². The number of hydrogen-bond donors (Lipinski definition) is 1. The Labute approximate surface area is 126 Å². The maximum absolute atomic E-state index is 9.58. The number of nitrogens with one attached hydrogen (secondary N) is 1. The lowest BCUT2D eigenvalue weighted by molar-refractivity contribution is 0.251. The number of benzene rings is 1. The molecule has 114 valence electrons. The Balaban J connectivity index is 2.23. The van der Waals surface area contributed by atoms with Crippen LogP contribution in [0.25, 0.3) is 0 Å². The van der Waals surface area contributed by atoms with Gasteiger partial charge in [0.2, 0.25) is 0 Å². The van der Waals surface area contributed by atoms with Gasteiger partial charge in [0.15, 0.2) is 11.5 Å². The van der Waals surface area contributed by atoms with Crippen molar-refractivity contribution in [2.24, 2.45) is 0 Å². The summed E-state index contributed by atoms with van der Waals surface area (Å²) in [7, 11) is 1.62. The summed E-state index contributed by atoms with van der Waals surface area (Å²) < 4.78 is 10.9. The van der Waals surface area contributed by atoms with Gasteiger partial charge in [-0.3, -0.25) is 4.90 Å². The summed E-state index contributed by atoms with van der Waals surface area (Å²) in [5, 5.41) is 12.9. The summed E-state index contributed by atoms with van der Waals surface area (Å²) in [6.45, 7) is 6.28. The predicted octanol–water partition coefficient (Wildman–Crippen LogP) is 1.95. The fourth-order valence-corrected chi connectivity index (χ4v) is 2.62. The monoisotopic (exact) mass is 289 g/mol. The minimum Gasteiger partial charge on any atom is -0.493 e. The van der Waals surface area contributed by atoms with Gasteiger partial charge in [-0.05, 0) is 37.6 Å². The molecular formula is C16H23N3O2. The van der Waals surface area contributed by atoms with E-state index in [4.69, 9.17) is 9.47 Å². The van der Waals surface area contributed by atoms with Gasteiger partial charge in [-0.15, -0.1) is 0 Å². The summed E-state index contributed by atoms with van der Waals surface area (Å²) in [5.74, 6) is 1.40. The van der Waals surface area contributed by atoms with Crippen LogP contribution in [0.1, 0.15) is 24.9 Å². The Morgan fingerprint density at radius 1 is 1.33 bits per heavy atom. The third-order valence-electron chi connectivity index (χ3n) is 3.67. The summed E-state index contributed by atoms with van der Waals surface area (Å²) in [5.41, 5.74) is 0.958. The molecule has 0 saturated carbocycles. The second kappa shape index (κ2) is 7.87. The van der Waals surface area contributed by atoms with Crippen LogP contribution in [0.15, 0.2) is 18.2 Å². The highest BCUT2D eigenvalue weighted by atomic mass is 16.5. The van der Waals surface area contributed by atoms with Gasteiger partial charge in [0, 0.05) is 19.6 Å². The first kappa shape index (κ1) is 15.6. The molecule has 1 aromatic carbocycles. The molecule has 1 saturated heterocycles. The molecule has 0 spiro atoms. The average molecular weight is 289 g/mol. The van der Waals surface area contributed by atoms with E-state index in [1.165, 1.54) is 0 Å². The summed E-state index contributed by atoms with van der Waals surface area (Å²) >= 11 is 0. The number of nitrogens with zero attached hydrogens (tertiary/aromatic N) is 2. The van der Waals surface area contributed by atoms with E-state index in [1.54, 1.807) is 7.11 Å². The van der Waals surface area contributed by atoms with Crippen LogP contribution in [0.4, 0.5) is 0 Å². The van der Waals surface area contributed by atoms with E-state index >= 15 is 0 Å². The molecule has 1 heterocycles. The van der Waals surface area contributed by atoms with Crippen LogP contribution in [-0.4, -0.2) is 44.8 Å². The second-order valence-corrected chi connectivity index (χ2v) is 5.01. The molecule has 0 radical (unpaired) electrons. The summed E-state index contributed by atoms with van der Waals surface area (Å²) in [4.78, 5) is 2.22. The first-order valence-corrected chi connectivity index (χ1v) is 7.45. The average Bonchev–Trinajstić information content (AvgIpc) is 2.79. The number of nitriles is 1. The van der Waals surface area contributed by atoms with Crippen molar-refractivity contribution in [3.63, 3.8) is 0 Å². The SMILES string of the molecule is CCOc1ccc(C(C#N)N2CCCNCC2)cc1OC. The second-order valence-electron chi connectivity index (χ2n) is 5.01. The van der Waals surface area contributed by atoms with Crippen molar-refractivity contribution in [3.05, 3.63) is 23.8 Å². The van der Waals surface area contributed by atoms with E-state index in [0.717, 1.165) is 43.9 Å². The molecule has 1 aliphatic heterocycles. The molecule has 1 aliphatic rings. The molecule has 0 bridgehead atoms. The van der Waals surface area contributed by atoms with E-state index in [0.29, 0.717) is 12.4 Å². The predicted molar refractivity (Wildman–Crippen MR) is 81.6 cm³/mol. The molecule has 5 nitrogen and oxygen atoms in total. The molecule has 1 unspecified atom stereocenters. The highest BCUT2D eigenvalue weighted by Crippen LogP contribution is 2.32. The van der Waals surface area contributed by atoms with Gasteiger partial charge in [-0.2, -0.15) is 5.26 Å². The third kappa shape index (κ3) is 3.87. The molecule has 1 fully saturated rings. The highest BCUT2D eigenvalue weighted by molar-refractivity contribution is 5.44. The van der Waals surface area contributed by atoms with E-state index in [2.05, 4.69) is 16.3 Å². The van der Waals surface area contributed by atoms with Crippen molar-refractivity contribution in [2.45, 2.75) is 19.4 Å². The van der Waals surface area contributed by atoms with Crippen molar-refractivity contribution < 1.29 is 9.47 Å². The van der Waals surface area contributed by atoms with Crippen molar-refractivity contribution in [1.82, 2.24) is 10.2 Å². The van der Waals surface area contributed by atoms with Gasteiger partial charge >= 0.3 is 0 Å². The van der Waals surface area contributed by atoms with Crippen LogP contribution >= 0.6 is 0 Å². The smallest absolute Gasteiger partial charge is 0.161 e. The normalized spacial score (nSPS) is 17.6. The zero-order valence-corrected chi connectivity index (χ0v) is 12.8. The minimum absolute atomic E-state index is 0.241. The van der Waals surface area contributed by atoms with Crippen molar-refractivity contribution in [2.75, 3.05) is 39.9 Å². The zero-order chi connectivity index (χ0) is 15.1. The fraction of sp³-hybridized carbons (Fsp3) is 0.562. The molecule has 0 aromatic heterocycles. The van der Waals surface area contributed by atoms with Crippen molar-refractivity contribution in [1.29, 1.82) is 5.26 Å². The topological polar surface area (TPSA) is 57.5 Å². The van der Waals surface area contributed by atoms with Crippen LogP contribution < -0.4 is 14.8 Å². The lowest BCUT2D eigenvalue weighted by Crippen LogP contribution is -2.31. The largest absolute Gasteiger partial charge is 0.493 e. The van der Waals surface area contributed by atoms with Gasteiger partial charge in [0.1, 0.15) is 6.04 Å². The molecule has 1 atom stereocenters. The molecule has 1 aromatic rings. The summed E-state index contributed by atoms with van der Waals surface area (Å²) in [6, 6.07) is 7.94. The van der Waals surface area contributed by atoms with E-state index in [1.807, 2.05) is 25.1 Å². The van der Waals surface area contributed by atoms with Crippen LogP contribution in [-0.2, 0) is 0 Å². The van der Waals surface area contributed by atoms with E-state index < -0.39 is 0 Å². The van der Waals surface area contributed by atoms with Gasteiger partial charge in [-0.25, -0.2) is 0 Å². The highest BCUT2D eigenvalue weighted by Gasteiger charge is 2.22. The first-order valence-electron chi connectivity index (χ1n) is 7.45. The van der Waals surface area contributed by atoms with Gasteiger partial charge in [0.05, 0.1) is 19.8 Å². The third-order valence-corrected chi connectivity index (χ3v) is 3.67. The number of hydrogen-bond acceptors (Lipinski definition) is 5. The maximum Gasteiger partial charge on any atom is 0.161 e. The lowest BCUT2D eigenvalue weighted by atomic mass is 10.1. The fourth-order valence-electron chi connectivity index (χ4n) is 2.62. The van der Waals surface area contributed by atoms with E-state index in [9.17, 15) is 5.26 Å². The minimum atomic E-state index is -0.241. The molecule has 1 N–H and O–H groups in total. The first-order chi connectivity index (χ1) is 10.3. The maximum atomic E-state index is 9.58. The Morgan fingerprint density at radius 2 is 2.19 bits per heavy atom. The quantitative estimate of drug-likeness (QED) is 0.898.